The number of aromatic amines is 2. The Labute approximate surface area is 137 Å². The van der Waals surface area contributed by atoms with E-state index in [1.165, 1.54) is 6.21 Å². The summed E-state index contributed by atoms with van der Waals surface area (Å²) in [6.07, 6.45) is 1.27. The first-order valence-electron chi connectivity index (χ1n) is 7.37. The second-order valence-electron chi connectivity index (χ2n) is 4.95. The molecule has 1 aromatic heterocycles. The van der Waals surface area contributed by atoms with Crippen LogP contribution in [-0.2, 0) is 11.2 Å². The van der Waals surface area contributed by atoms with Crippen molar-refractivity contribution in [2.24, 2.45) is 5.10 Å². The van der Waals surface area contributed by atoms with Crippen molar-refractivity contribution in [2.75, 3.05) is 6.61 Å². The Morgan fingerprint density at radius 1 is 1.29 bits per heavy atom. The van der Waals surface area contributed by atoms with E-state index in [1.807, 2.05) is 19.1 Å². The van der Waals surface area contributed by atoms with Gasteiger partial charge in [0.1, 0.15) is 5.75 Å². The first kappa shape index (κ1) is 17.2. The van der Waals surface area contributed by atoms with Crippen LogP contribution in [0.4, 0.5) is 0 Å². The van der Waals surface area contributed by atoms with Crippen LogP contribution in [0.15, 0.2) is 39.0 Å². The van der Waals surface area contributed by atoms with Crippen LogP contribution in [0.5, 0.6) is 5.75 Å². The van der Waals surface area contributed by atoms with Gasteiger partial charge in [0, 0.05) is 16.8 Å². The first-order chi connectivity index (χ1) is 11.5. The van der Waals surface area contributed by atoms with Crippen molar-refractivity contribution >= 4 is 12.1 Å². The molecule has 0 radical (unpaired) electrons. The highest BCUT2D eigenvalue weighted by molar-refractivity contribution is 5.85. The number of hydrogen-bond donors (Lipinski definition) is 3. The van der Waals surface area contributed by atoms with Crippen LogP contribution in [0.3, 0.4) is 0 Å². The molecule has 0 atom stereocenters. The zero-order valence-electron chi connectivity index (χ0n) is 13.4. The van der Waals surface area contributed by atoms with Crippen molar-refractivity contribution in [3.05, 3.63) is 61.9 Å². The van der Waals surface area contributed by atoms with Crippen LogP contribution < -0.4 is 21.4 Å². The van der Waals surface area contributed by atoms with Gasteiger partial charge in [0.25, 0.3) is 5.56 Å². The van der Waals surface area contributed by atoms with Crippen LogP contribution in [0.2, 0.25) is 0 Å². The van der Waals surface area contributed by atoms with Crippen LogP contribution in [0.25, 0.3) is 0 Å². The van der Waals surface area contributed by atoms with Gasteiger partial charge in [-0.2, -0.15) is 5.10 Å². The Kier molecular flexibility index (Phi) is 5.67. The molecule has 0 bridgehead atoms. The molecule has 0 saturated heterocycles. The molecule has 0 aliphatic heterocycles. The van der Waals surface area contributed by atoms with Gasteiger partial charge >= 0.3 is 5.69 Å². The number of hydrazone groups is 1. The number of carbonyl (C=O) groups is 1. The van der Waals surface area contributed by atoms with Crippen molar-refractivity contribution in [3.63, 3.8) is 0 Å². The van der Waals surface area contributed by atoms with E-state index in [9.17, 15) is 14.4 Å². The number of para-hydroxylation sites is 1. The van der Waals surface area contributed by atoms with E-state index in [-0.39, 0.29) is 12.0 Å². The molecule has 1 aromatic carbocycles. The highest BCUT2D eigenvalue weighted by Gasteiger charge is 2.10. The first-order valence-corrected chi connectivity index (χ1v) is 7.37. The minimum atomic E-state index is -0.604. The zero-order valence-corrected chi connectivity index (χ0v) is 13.4. The summed E-state index contributed by atoms with van der Waals surface area (Å²) in [4.78, 5) is 39.2. The molecule has 0 spiro atoms. The molecular formula is C16H18N4O4. The number of aryl methyl sites for hydroxylation is 1. The lowest BCUT2D eigenvalue weighted by molar-refractivity contribution is -0.120. The quantitative estimate of drug-likeness (QED) is 0.527. The fourth-order valence-electron chi connectivity index (χ4n) is 2.09. The summed E-state index contributed by atoms with van der Waals surface area (Å²) in [7, 11) is 0. The second kappa shape index (κ2) is 7.91. The number of hydrogen-bond acceptors (Lipinski definition) is 5. The van der Waals surface area contributed by atoms with E-state index in [2.05, 4.69) is 20.5 Å². The molecule has 1 amide bonds. The fraction of sp³-hybridized carbons (Fsp3) is 0.250. The van der Waals surface area contributed by atoms with E-state index in [0.29, 0.717) is 18.1 Å². The lowest BCUT2D eigenvalue weighted by atomic mass is 10.1. The maximum Gasteiger partial charge on any atom is 0.325 e. The van der Waals surface area contributed by atoms with Gasteiger partial charge in [0.15, 0.2) is 0 Å². The third-order valence-electron chi connectivity index (χ3n) is 3.20. The summed E-state index contributed by atoms with van der Waals surface area (Å²) in [5.74, 6) is 0.187. The summed E-state index contributed by atoms with van der Waals surface area (Å²) in [5, 5.41) is 3.87. The molecule has 1 heterocycles. The van der Waals surface area contributed by atoms with Crippen molar-refractivity contribution in [1.82, 2.24) is 15.4 Å². The second-order valence-corrected chi connectivity index (χ2v) is 4.95. The molecule has 0 aliphatic rings. The minimum Gasteiger partial charge on any atom is -0.493 e. The van der Waals surface area contributed by atoms with E-state index in [0.717, 1.165) is 5.56 Å². The van der Waals surface area contributed by atoms with E-state index >= 15 is 0 Å². The van der Waals surface area contributed by atoms with Gasteiger partial charge in [0.05, 0.1) is 19.2 Å². The molecule has 0 unspecified atom stereocenters. The predicted molar refractivity (Wildman–Crippen MR) is 89.5 cm³/mol. The molecule has 0 aliphatic carbocycles. The maximum absolute atomic E-state index is 11.9. The summed E-state index contributed by atoms with van der Waals surface area (Å²) >= 11 is 0. The summed E-state index contributed by atoms with van der Waals surface area (Å²) in [5.41, 5.74) is 2.42. The molecule has 0 saturated carbocycles. The number of nitrogens with one attached hydrogen (secondary N) is 3. The zero-order chi connectivity index (χ0) is 17.5. The summed E-state index contributed by atoms with van der Waals surface area (Å²) in [6, 6.07) is 7.27. The molecule has 0 fully saturated rings. The molecule has 126 valence electrons. The summed E-state index contributed by atoms with van der Waals surface area (Å²) < 4.78 is 5.45. The lowest BCUT2D eigenvalue weighted by Gasteiger charge is -2.06. The maximum atomic E-state index is 11.9. The molecule has 8 nitrogen and oxygen atoms in total. The molecule has 24 heavy (non-hydrogen) atoms. The van der Waals surface area contributed by atoms with Crippen molar-refractivity contribution in [3.8, 4) is 5.75 Å². The number of aromatic nitrogens is 2. The average Bonchev–Trinajstić information content (AvgIpc) is 2.53. The number of ether oxygens (including phenoxy) is 1. The Bertz CT molecular complexity index is 867. The number of amides is 1. The van der Waals surface area contributed by atoms with Gasteiger partial charge in [-0.3, -0.25) is 14.6 Å². The fourth-order valence-corrected chi connectivity index (χ4v) is 2.09. The Morgan fingerprint density at radius 3 is 2.75 bits per heavy atom. The third-order valence-corrected chi connectivity index (χ3v) is 3.20. The number of carbonyl (C=O) groups excluding carboxylic acids is 1. The molecule has 2 aromatic rings. The topological polar surface area (TPSA) is 116 Å². The highest BCUT2D eigenvalue weighted by Crippen LogP contribution is 2.15. The van der Waals surface area contributed by atoms with Gasteiger partial charge in [0.2, 0.25) is 5.91 Å². The third kappa shape index (κ3) is 4.42. The molecular weight excluding hydrogens is 312 g/mol. The highest BCUT2D eigenvalue weighted by atomic mass is 16.5. The number of nitrogens with zero attached hydrogens (tertiary/aromatic N) is 1. The van der Waals surface area contributed by atoms with Crippen molar-refractivity contribution in [2.45, 2.75) is 20.3 Å². The van der Waals surface area contributed by atoms with E-state index < -0.39 is 17.2 Å². The standard InChI is InChI=1S/C16H18N4O4/c1-3-24-13-7-5-4-6-11(13)9-17-20-14(21)8-12-10(2)18-16(23)19-15(12)22/h4-7,9H,3,8H2,1-2H3,(H,20,21)(H2,18,19,22,23)/b17-9-. The van der Waals surface area contributed by atoms with Gasteiger partial charge in [-0.1, -0.05) is 12.1 Å². The minimum absolute atomic E-state index is 0.192. The van der Waals surface area contributed by atoms with Crippen LogP contribution in [0, 0.1) is 6.92 Å². The molecule has 3 N–H and O–H groups in total. The van der Waals surface area contributed by atoms with Gasteiger partial charge < -0.3 is 9.72 Å². The van der Waals surface area contributed by atoms with Gasteiger partial charge in [-0.25, -0.2) is 10.2 Å². The number of rotatable bonds is 6. The average molecular weight is 330 g/mol. The Morgan fingerprint density at radius 2 is 2.04 bits per heavy atom. The monoisotopic (exact) mass is 330 g/mol. The summed E-state index contributed by atoms with van der Waals surface area (Å²) in [6.45, 7) is 3.95. The van der Waals surface area contributed by atoms with E-state index in [4.69, 9.17) is 4.74 Å². The Balaban J connectivity index is 2.04. The predicted octanol–water partition coefficient (Wildman–Crippen LogP) is 0.463. The lowest BCUT2D eigenvalue weighted by Crippen LogP contribution is -2.30. The van der Waals surface area contributed by atoms with Gasteiger partial charge in [-0.15, -0.1) is 0 Å². The van der Waals surface area contributed by atoms with Crippen molar-refractivity contribution < 1.29 is 9.53 Å². The number of H-pyrrole nitrogens is 2. The van der Waals surface area contributed by atoms with Crippen LogP contribution >= 0.6 is 0 Å². The van der Waals surface area contributed by atoms with Crippen LogP contribution in [-0.4, -0.2) is 28.7 Å². The molecule has 8 heteroatoms. The van der Waals surface area contributed by atoms with Crippen molar-refractivity contribution in [1.29, 1.82) is 0 Å². The van der Waals surface area contributed by atoms with Gasteiger partial charge in [-0.05, 0) is 26.0 Å². The largest absolute Gasteiger partial charge is 0.493 e. The SMILES string of the molecule is CCOc1ccccc1/C=N\NC(=O)Cc1c(C)[nH]c(=O)[nH]c1=O. The Hall–Kier alpha value is -3.16. The van der Waals surface area contributed by atoms with Crippen LogP contribution in [0.1, 0.15) is 23.7 Å². The van der Waals surface area contributed by atoms with E-state index in [1.54, 1.807) is 19.1 Å². The number of benzene rings is 1. The normalized spacial score (nSPS) is 10.8. The smallest absolute Gasteiger partial charge is 0.325 e. The molecule has 2 rings (SSSR count).